The van der Waals surface area contributed by atoms with Crippen molar-refractivity contribution in [3.63, 3.8) is 0 Å². The lowest BCUT2D eigenvalue weighted by molar-refractivity contribution is -0.118. The van der Waals surface area contributed by atoms with Crippen LogP contribution >= 0.6 is 11.6 Å². The second-order valence-electron chi connectivity index (χ2n) is 7.78. The van der Waals surface area contributed by atoms with E-state index in [2.05, 4.69) is 24.5 Å². The van der Waals surface area contributed by atoms with Crippen molar-refractivity contribution < 1.29 is 9.90 Å². The third-order valence-corrected chi connectivity index (χ3v) is 5.26. The minimum absolute atomic E-state index is 0.0911. The summed E-state index contributed by atoms with van der Waals surface area (Å²) in [5.74, 6) is 0.212. The molecule has 0 bridgehead atoms. The number of aromatic hydroxyl groups is 1. The molecule has 1 heterocycles. The standard InChI is InChI=1S/C21H21ClN2O2/c1-21(2)10-16-19(18(26)11-21)20(13-9-12(22)7-8-17(13)25)24-15-6-4-3-5-14(15)23-16/h3-9,20,23-25H,10-11H2,1-2H3/t20-/m0/s1. The minimum atomic E-state index is -0.455. The number of carbonyl (C=O) groups is 1. The van der Waals surface area contributed by atoms with Gasteiger partial charge in [0.25, 0.3) is 0 Å². The maximum Gasteiger partial charge on any atom is 0.163 e. The van der Waals surface area contributed by atoms with Crippen molar-refractivity contribution in [2.24, 2.45) is 5.41 Å². The van der Waals surface area contributed by atoms with E-state index in [1.54, 1.807) is 18.2 Å². The Morgan fingerprint density at radius 1 is 1.12 bits per heavy atom. The minimum Gasteiger partial charge on any atom is -0.508 e. The van der Waals surface area contributed by atoms with Crippen molar-refractivity contribution in [2.45, 2.75) is 32.7 Å². The van der Waals surface area contributed by atoms with Gasteiger partial charge in [-0.1, -0.05) is 37.6 Å². The van der Waals surface area contributed by atoms with Crippen molar-refractivity contribution in [3.05, 3.63) is 64.3 Å². The predicted molar refractivity (Wildman–Crippen MR) is 105 cm³/mol. The Labute approximate surface area is 157 Å². The number of nitrogens with one attached hydrogen (secondary N) is 2. The number of anilines is 2. The van der Waals surface area contributed by atoms with Crippen molar-refractivity contribution in [1.82, 2.24) is 0 Å². The molecule has 26 heavy (non-hydrogen) atoms. The Balaban J connectivity index is 1.93. The molecule has 0 fully saturated rings. The van der Waals surface area contributed by atoms with Gasteiger partial charge in [-0.05, 0) is 42.2 Å². The highest BCUT2D eigenvalue weighted by molar-refractivity contribution is 6.30. The number of ketones is 1. The van der Waals surface area contributed by atoms with Gasteiger partial charge in [0, 0.05) is 28.3 Å². The van der Waals surface area contributed by atoms with Crippen LogP contribution in [0.3, 0.4) is 0 Å². The highest BCUT2D eigenvalue weighted by Gasteiger charge is 2.39. The molecular weight excluding hydrogens is 348 g/mol. The Morgan fingerprint density at radius 3 is 2.62 bits per heavy atom. The van der Waals surface area contributed by atoms with Crippen molar-refractivity contribution >= 4 is 28.8 Å². The first-order valence-electron chi connectivity index (χ1n) is 8.71. The molecule has 4 nitrogen and oxygen atoms in total. The smallest absolute Gasteiger partial charge is 0.163 e. The maximum atomic E-state index is 13.1. The van der Waals surface area contributed by atoms with Crippen LogP contribution in [0.25, 0.3) is 0 Å². The first-order valence-corrected chi connectivity index (χ1v) is 9.09. The van der Waals surface area contributed by atoms with Crippen LogP contribution in [0, 0.1) is 5.41 Å². The lowest BCUT2D eigenvalue weighted by Gasteiger charge is -2.34. The van der Waals surface area contributed by atoms with Gasteiger partial charge in [-0.25, -0.2) is 0 Å². The van der Waals surface area contributed by atoms with E-state index < -0.39 is 6.04 Å². The molecule has 5 heteroatoms. The van der Waals surface area contributed by atoms with Crippen LogP contribution in [0.1, 0.15) is 38.3 Å². The summed E-state index contributed by atoms with van der Waals surface area (Å²) in [5, 5.41) is 17.9. The molecule has 4 rings (SSSR count). The molecular formula is C21H21ClN2O2. The fourth-order valence-corrected chi connectivity index (χ4v) is 4.06. The third-order valence-electron chi connectivity index (χ3n) is 5.02. The molecule has 0 spiro atoms. The molecule has 3 N–H and O–H groups in total. The fourth-order valence-electron chi connectivity index (χ4n) is 3.88. The largest absolute Gasteiger partial charge is 0.508 e. The van der Waals surface area contributed by atoms with Gasteiger partial charge in [-0.2, -0.15) is 0 Å². The van der Waals surface area contributed by atoms with Crippen LogP contribution in [0.5, 0.6) is 5.75 Å². The molecule has 0 radical (unpaired) electrons. The van der Waals surface area contributed by atoms with Gasteiger partial charge >= 0.3 is 0 Å². The summed E-state index contributed by atoms with van der Waals surface area (Å²) in [4.78, 5) is 13.1. The number of hydrogen-bond acceptors (Lipinski definition) is 4. The summed E-state index contributed by atoms with van der Waals surface area (Å²) in [6.07, 6.45) is 1.24. The molecule has 0 amide bonds. The van der Waals surface area contributed by atoms with Gasteiger partial charge in [0.2, 0.25) is 0 Å². The molecule has 1 atom stereocenters. The summed E-state index contributed by atoms with van der Waals surface area (Å²) >= 11 is 6.18. The van der Waals surface area contributed by atoms with E-state index in [4.69, 9.17) is 11.6 Å². The average Bonchev–Trinajstić information content (AvgIpc) is 2.72. The molecule has 134 valence electrons. The second-order valence-corrected chi connectivity index (χ2v) is 8.22. The monoisotopic (exact) mass is 368 g/mol. The number of carbonyl (C=O) groups excluding carboxylic acids is 1. The summed E-state index contributed by atoms with van der Waals surface area (Å²) < 4.78 is 0. The van der Waals surface area contributed by atoms with Gasteiger partial charge in [-0.15, -0.1) is 0 Å². The molecule has 1 aliphatic heterocycles. The van der Waals surface area contributed by atoms with Gasteiger partial charge in [0.15, 0.2) is 5.78 Å². The molecule has 0 saturated heterocycles. The van der Waals surface area contributed by atoms with Crippen LogP contribution in [0.15, 0.2) is 53.7 Å². The normalized spacial score (nSPS) is 21.2. The van der Waals surface area contributed by atoms with Crippen LogP contribution in [-0.4, -0.2) is 10.9 Å². The number of phenolic OH excluding ortho intramolecular Hbond substituents is 1. The predicted octanol–water partition coefficient (Wildman–Crippen LogP) is 5.27. The summed E-state index contributed by atoms with van der Waals surface area (Å²) in [7, 11) is 0. The average molecular weight is 369 g/mol. The number of hydrogen-bond donors (Lipinski definition) is 3. The van der Waals surface area contributed by atoms with Crippen molar-refractivity contribution in [2.75, 3.05) is 10.6 Å². The quantitative estimate of drug-likeness (QED) is 0.641. The Morgan fingerprint density at radius 2 is 1.85 bits per heavy atom. The first-order chi connectivity index (χ1) is 12.3. The van der Waals surface area contributed by atoms with Crippen LogP contribution < -0.4 is 10.6 Å². The fraction of sp³-hybridized carbons (Fsp3) is 0.286. The third kappa shape index (κ3) is 2.95. The van der Waals surface area contributed by atoms with E-state index in [1.807, 2.05) is 24.3 Å². The molecule has 0 saturated carbocycles. The van der Waals surface area contributed by atoms with Crippen LogP contribution in [-0.2, 0) is 4.79 Å². The van der Waals surface area contributed by atoms with Gasteiger partial charge < -0.3 is 15.7 Å². The number of fused-ring (bicyclic) bond motifs is 1. The SMILES string of the molecule is CC1(C)CC(=O)C2=C(C1)Nc1ccccc1N[C@H]2c1cc(Cl)ccc1O. The number of phenols is 1. The molecule has 2 aliphatic rings. The zero-order valence-corrected chi connectivity index (χ0v) is 15.5. The van der Waals surface area contributed by atoms with Gasteiger partial charge in [-0.3, -0.25) is 4.79 Å². The van der Waals surface area contributed by atoms with E-state index in [0.717, 1.165) is 23.5 Å². The lowest BCUT2D eigenvalue weighted by Crippen LogP contribution is -2.31. The van der Waals surface area contributed by atoms with Crippen molar-refractivity contribution in [1.29, 1.82) is 0 Å². The number of rotatable bonds is 1. The zero-order chi connectivity index (χ0) is 18.5. The van der Waals surface area contributed by atoms with Gasteiger partial charge in [0.05, 0.1) is 17.4 Å². The summed E-state index contributed by atoms with van der Waals surface area (Å²) in [6, 6.07) is 12.3. The lowest BCUT2D eigenvalue weighted by atomic mass is 9.73. The highest BCUT2D eigenvalue weighted by Crippen LogP contribution is 2.46. The molecule has 2 aromatic rings. The first kappa shape index (κ1) is 17.0. The van der Waals surface area contributed by atoms with Crippen molar-refractivity contribution in [3.8, 4) is 5.75 Å². The van der Waals surface area contributed by atoms with E-state index >= 15 is 0 Å². The van der Waals surface area contributed by atoms with E-state index in [9.17, 15) is 9.90 Å². The molecule has 2 aromatic carbocycles. The number of allylic oxidation sites excluding steroid dienone is 1. The highest BCUT2D eigenvalue weighted by atomic mass is 35.5. The number of para-hydroxylation sites is 2. The zero-order valence-electron chi connectivity index (χ0n) is 14.8. The molecule has 0 aromatic heterocycles. The molecule has 1 aliphatic carbocycles. The molecule has 0 unspecified atom stereocenters. The maximum absolute atomic E-state index is 13.1. The Hall–Kier alpha value is -2.46. The van der Waals surface area contributed by atoms with Gasteiger partial charge in [0.1, 0.15) is 5.75 Å². The van der Waals surface area contributed by atoms with E-state index in [-0.39, 0.29) is 16.9 Å². The van der Waals surface area contributed by atoms with E-state index in [1.165, 1.54) is 0 Å². The number of benzene rings is 2. The topological polar surface area (TPSA) is 61.4 Å². The number of halogens is 1. The number of Topliss-reactive ketones (excluding diaryl/α,β-unsaturated/α-hetero) is 1. The Bertz CT molecular complexity index is 933. The van der Waals surface area contributed by atoms with E-state index in [0.29, 0.717) is 22.6 Å². The Kier molecular flexibility index (Phi) is 3.96. The summed E-state index contributed by atoms with van der Waals surface area (Å²) in [6.45, 7) is 4.21. The van der Waals surface area contributed by atoms with Crippen LogP contribution in [0.4, 0.5) is 11.4 Å². The second kappa shape index (κ2) is 6.06. The van der Waals surface area contributed by atoms with Crippen LogP contribution in [0.2, 0.25) is 5.02 Å². The summed E-state index contributed by atoms with van der Waals surface area (Å²) in [5.41, 5.74) is 3.90.